The zero-order valence-electron chi connectivity index (χ0n) is 14.4. The normalized spacial score (nSPS) is 10.6. The van der Waals surface area contributed by atoms with Gasteiger partial charge in [0.1, 0.15) is 5.82 Å². The summed E-state index contributed by atoms with van der Waals surface area (Å²) in [5.41, 5.74) is 3.85. The van der Waals surface area contributed by atoms with Crippen molar-refractivity contribution >= 4 is 44.8 Å². The van der Waals surface area contributed by atoms with Crippen molar-refractivity contribution in [3.63, 3.8) is 0 Å². The zero-order valence-corrected chi connectivity index (χ0v) is 16.8. The van der Waals surface area contributed by atoms with E-state index in [4.69, 9.17) is 12.2 Å². The van der Waals surface area contributed by atoms with Crippen LogP contribution in [-0.2, 0) is 6.54 Å². The van der Waals surface area contributed by atoms with Crippen molar-refractivity contribution in [3.05, 3.63) is 75.6 Å². The fourth-order valence-corrected chi connectivity index (χ4v) is 3.13. The third-order valence-electron chi connectivity index (χ3n) is 4.09. The third kappa shape index (κ3) is 4.28. The predicted molar refractivity (Wildman–Crippen MR) is 111 cm³/mol. The number of thiocarbonyl (C=S) groups is 1. The van der Waals surface area contributed by atoms with Gasteiger partial charge in [-0.2, -0.15) is 5.10 Å². The molecule has 4 nitrogen and oxygen atoms in total. The van der Waals surface area contributed by atoms with E-state index in [-0.39, 0.29) is 5.82 Å². The van der Waals surface area contributed by atoms with E-state index in [1.54, 1.807) is 29.1 Å². The molecule has 0 aliphatic rings. The number of anilines is 2. The largest absolute Gasteiger partial charge is 0.332 e. The van der Waals surface area contributed by atoms with Crippen LogP contribution in [0.4, 0.5) is 15.9 Å². The topological polar surface area (TPSA) is 41.9 Å². The van der Waals surface area contributed by atoms with Gasteiger partial charge in [-0.15, -0.1) is 0 Å². The Morgan fingerprint density at radius 3 is 2.69 bits per heavy atom. The van der Waals surface area contributed by atoms with Gasteiger partial charge >= 0.3 is 0 Å². The molecule has 3 rings (SSSR count). The molecule has 0 amide bonds. The molecule has 0 aliphatic heterocycles. The summed E-state index contributed by atoms with van der Waals surface area (Å²) in [6.45, 7) is 4.43. The Kier molecular flexibility index (Phi) is 5.68. The second-order valence-electron chi connectivity index (χ2n) is 5.94. The Hall–Kier alpha value is -2.25. The van der Waals surface area contributed by atoms with Crippen LogP contribution in [0.15, 0.2) is 53.1 Å². The Bertz CT molecular complexity index is 954. The first kappa shape index (κ1) is 18.5. The van der Waals surface area contributed by atoms with Crippen molar-refractivity contribution in [2.24, 2.45) is 0 Å². The summed E-state index contributed by atoms with van der Waals surface area (Å²) in [5.74, 6) is 0.324. The van der Waals surface area contributed by atoms with E-state index in [2.05, 4.69) is 44.7 Å². The highest BCUT2D eigenvalue weighted by atomic mass is 79.9. The smallest absolute Gasteiger partial charge is 0.176 e. The minimum atomic E-state index is -0.249. The minimum absolute atomic E-state index is 0.249. The first-order chi connectivity index (χ1) is 12.4. The summed E-state index contributed by atoms with van der Waals surface area (Å²) in [5, 5.41) is 11.1. The van der Waals surface area contributed by atoms with E-state index in [1.165, 1.54) is 11.6 Å². The van der Waals surface area contributed by atoms with E-state index < -0.39 is 0 Å². The van der Waals surface area contributed by atoms with E-state index in [1.807, 2.05) is 19.1 Å². The monoisotopic (exact) mass is 432 g/mol. The van der Waals surface area contributed by atoms with Crippen molar-refractivity contribution in [2.75, 3.05) is 10.6 Å². The zero-order chi connectivity index (χ0) is 18.7. The van der Waals surface area contributed by atoms with E-state index in [9.17, 15) is 4.39 Å². The average molecular weight is 433 g/mol. The van der Waals surface area contributed by atoms with Gasteiger partial charge in [0.25, 0.3) is 0 Å². The number of nitrogens with zero attached hydrogens (tertiary/aromatic N) is 2. The highest BCUT2D eigenvalue weighted by Gasteiger charge is 2.11. The van der Waals surface area contributed by atoms with Crippen LogP contribution in [0, 0.1) is 19.7 Å². The van der Waals surface area contributed by atoms with Crippen LogP contribution in [0.1, 0.15) is 16.7 Å². The highest BCUT2D eigenvalue weighted by molar-refractivity contribution is 9.10. The first-order valence-corrected chi connectivity index (χ1v) is 9.24. The summed E-state index contributed by atoms with van der Waals surface area (Å²) < 4.78 is 16.2. The number of aromatic nitrogens is 2. The maximum absolute atomic E-state index is 13.8. The van der Waals surface area contributed by atoms with Crippen molar-refractivity contribution in [1.82, 2.24) is 9.78 Å². The molecule has 134 valence electrons. The molecule has 2 N–H and O–H groups in total. The fraction of sp³-hybridized carbons (Fsp3) is 0.158. The SMILES string of the molecule is Cc1cccc(NC(=S)Nc2nn(Cc3ccccc3F)cc2Br)c1C. The second kappa shape index (κ2) is 7.97. The highest BCUT2D eigenvalue weighted by Crippen LogP contribution is 2.22. The van der Waals surface area contributed by atoms with Crippen LogP contribution >= 0.6 is 28.1 Å². The lowest BCUT2D eigenvalue weighted by molar-refractivity contribution is 0.586. The van der Waals surface area contributed by atoms with Gasteiger partial charge in [-0.05, 0) is 65.3 Å². The molecule has 0 atom stereocenters. The van der Waals surface area contributed by atoms with Gasteiger partial charge in [-0.25, -0.2) is 4.39 Å². The summed E-state index contributed by atoms with van der Waals surface area (Å²) in [6.07, 6.45) is 1.79. The molecule has 26 heavy (non-hydrogen) atoms. The Morgan fingerprint density at radius 2 is 1.92 bits per heavy atom. The molecule has 0 fully saturated rings. The lowest BCUT2D eigenvalue weighted by Gasteiger charge is -2.12. The number of aryl methyl sites for hydroxylation is 1. The Morgan fingerprint density at radius 1 is 1.15 bits per heavy atom. The van der Waals surface area contributed by atoms with Crippen molar-refractivity contribution < 1.29 is 4.39 Å². The lowest BCUT2D eigenvalue weighted by Crippen LogP contribution is -2.20. The second-order valence-corrected chi connectivity index (χ2v) is 7.20. The molecular formula is C19H18BrFN4S. The number of benzene rings is 2. The van der Waals surface area contributed by atoms with Crippen LogP contribution in [0.25, 0.3) is 0 Å². The van der Waals surface area contributed by atoms with Gasteiger partial charge in [-0.1, -0.05) is 30.3 Å². The maximum atomic E-state index is 13.8. The molecule has 0 saturated heterocycles. The van der Waals surface area contributed by atoms with Crippen LogP contribution in [0.3, 0.4) is 0 Å². The van der Waals surface area contributed by atoms with Crippen LogP contribution < -0.4 is 10.6 Å². The fourth-order valence-electron chi connectivity index (χ4n) is 2.51. The summed E-state index contributed by atoms with van der Waals surface area (Å²) in [7, 11) is 0. The summed E-state index contributed by atoms with van der Waals surface area (Å²) >= 11 is 8.85. The third-order valence-corrected chi connectivity index (χ3v) is 4.88. The molecule has 0 spiro atoms. The van der Waals surface area contributed by atoms with Gasteiger partial charge in [-0.3, -0.25) is 4.68 Å². The van der Waals surface area contributed by atoms with Crippen LogP contribution in [0.2, 0.25) is 0 Å². The van der Waals surface area contributed by atoms with Crippen molar-refractivity contribution in [1.29, 1.82) is 0 Å². The molecule has 0 saturated carbocycles. The average Bonchev–Trinajstić information content (AvgIpc) is 2.93. The van der Waals surface area contributed by atoms with Crippen LogP contribution in [-0.4, -0.2) is 14.9 Å². The van der Waals surface area contributed by atoms with Gasteiger partial charge in [0, 0.05) is 17.4 Å². The maximum Gasteiger partial charge on any atom is 0.176 e. The molecule has 0 aliphatic carbocycles. The first-order valence-electron chi connectivity index (χ1n) is 8.04. The van der Waals surface area contributed by atoms with E-state index in [0.29, 0.717) is 23.0 Å². The van der Waals surface area contributed by atoms with Gasteiger partial charge in [0.15, 0.2) is 10.9 Å². The number of hydrogen-bond donors (Lipinski definition) is 2. The van der Waals surface area contributed by atoms with Gasteiger partial charge in [0.05, 0.1) is 11.0 Å². The lowest BCUT2D eigenvalue weighted by atomic mass is 10.1. The number of halogens is 2. The van der Waals surface area contributed by atoms with Crippen LogP contribution in [0.5, 0.6) is 0 Å². The number of nitrogens with one attached hydrogen (secondary N) is 2. The molecule has 0 bridgehead atoms. The van der Waals surface area contributed by atoms with E-state index >= 15 is 0 Å². The molecule has 3 aromatic rings. The summed E-state index contributed by atoms with van der Waals surface area (Å²) in [4.78, 5) is 0. The molecule has 1 heterocycles. The number of hydrogen-bond acceptors (Lipinski definition) is 2. The molecule has 0 radical (unpaired) electrons. The minimum Gasteiger partial charge on any atom is -0.332 e. The Labute approximate surface area is 165 Å². The standard InChI is InChI=1S/C19H18BrFN4S/c1-12-6-5-9-17(13(12)2)22-19(26)23-18-15(20)11-25(24-18)10-14-7-3-4-8-16(14)21/h3-9,11H,10H2,1-2H3,(H2,22,23,24,26). The summed E-state index contributed by atoms with van der Waals surface area (Å²) in [6, 6.07) is 12.7. The quantitative estimate of drug-likeness (QED) is 0.551. The molecule has 2 aromatic carbocycles. The predicted octanol–water partition coefficient (Wildman–Crippen LogP) is 5.26. The van der Waals surface area contributed by atoms with Crippen molar-refractivity contribution in [3.8, 4) is 0 Å². The van der Waals surface area contributed by atoms with Gasteiger partial charge in [0.2, 0.25) is 0 Å². The number of rotatable bonds is 4. The van der Waals surface area contributed by atoms with Crippen molar-refractivity contribution in [2.45, 2.75) is 20.4 Å². The molecule has 7 heteroatoms. The molecular weight excluding hydrogens is 415 g/mol. The Balaban J connectivity index is 1.70. The molecule has 0 unspecified atom stereocenters. The molecule has 1 aromatic heterocycles. The van der Waals surface area contributed by atoms with E-state index in [0.717, 1.165) is 15.7 Å². The van der Waals surface area contributed by atoms with Gasteiger partial charge < -0.3 is 10.6 Å².